The molecule has 0 aliphatic heterocycles. The Hall–Kier alpha value is -2.96. The molecule has 2 N–H and O–H groups in total. The fourth-order valence-electron chi connectivity index (χ4n) is 2.19. The van der Waals surface area contributed by atoms with Crippen LogP contribution in [0.25, 0.3) is 16.6 Å². The summed E-state index contributed by atoms with van der Waals surface area (Å²) in [5, 5.41) is 14.7. The summed E-state index contributed by atoms with van der Waals surface area (Å²) >= 11 is 7.50. The molecule has 0 fully saturated rings. The third kappa shape index (κ3) is 4.17. The van der Waals surface area contributed by atoms with Gasteiger partial charge < -0.3 is 10.4 Å². The van der Waals surface area contributed by atoms with E-state index in [0.717, 1.165) is 5.56 Å². The van der Waals surface area contributed by atoms with Gasteiger partial charge >= 0.3 is 5.97 Å². The molecule has 0 aliphatic carbocycles. The molecule has 26 heavy (non-hydrogen) atoms. The van der Waals surface area contributed by atoms with Crippen LogP contribution in [-0.4, -0.2) is 22.0 Å². The number of nitrogens with zero attached hydrogens (tertiary/aromatic N) is 1. The summed E-state index contributed by atoms with van der Waals surface area (Å²) < 4.78 is 0. The molecule has 0 bridgehead atoms. The first-order valence-corrected chi connectivity index (χ1v) is 8.82. The number of amides is 1. The summed E-state index contributed by atoms with van der Waals surface area (Å²) in [6.45, 7) is 0. The van der Waals surface area contributed by atoms with Crippen molar-refractivity contribution in [3.63, 3.8) is 0 Å². The van der Waals surface area contributed by atoms with Crippen LogP contribution in [0, 0.1) is 0 Å². The molecule has 1 heterocycles. The van der Waals surface area contributed by atoms with Crippen molar-refractivity contribution in [3.8, 4) is 10.6 Å². The average molecular weight is 385 g/mol. The number of carbonyl (C=O) groups is 2. The Kier molecular flexibility index (Phi) is 5.46. The molecule has 0 saturated heterocycles. The molecular formula is C19H13ClN2O3S. The summed E-state index contributed by atoms with van der Waals surface area (Å²) in [5.41, 5.74) is 1.31. The second-order valence-corrected chi connectivity index (χ2v) is 6.51. The van der Waals surface area contributed by atoms with E-state index in [1.807, 2.05) is 18.2 Å². The molecule has 2 aromatic carbocycles. The Morgan fingerprint density at radius 1 is 1.08 bits per heavy atom. The summed E-state index contributed by atoms with van der Waals surface area (Å²) in [7, 11) is 0. The van der Waals surface area contributed by atoms with Crippen LogP contribution in [0.1, 0.15) is 16.1 Å². The fraction of sp³-hybridized carbons (Fsp3) is 0. The lowest BCUT2D eigenvalue weighted by Crippen LogP contribution is -2.27. The molecule has 0 spiro atoms. The van der Waals surface area contributed by atoms with E-state index in [-0.39, 0.29) is 5.70 Å². The van der Waals surface area contributed by atoms with Crippen molar-refractivity contribution in [3.05, 3.63) is 82.0 Å². The maximum absolute atomic E-state index is 12.2. The largest absolute Gasteiger partial charge is 0.477 e. The van der Waals surface area contributed by atoms with Gasteiger partial charge in [0.15, 0.2) is 0 Å². The van der Waals surface area contributed by atoms with E-state index in [2.05, 4.69) is 10.3 Å². The summed E-state index contributed by atoms with van der Waals surface area (Å²) in [5.74, 6) is -1.75. The van der Waals surface area contributed by atoms with Crippen molar-refractivity contribution < 1.29 is 14.7 Å². The van der Waals surface area contributed by atoms with Crippen LogP contribution in [0.15, 0.2) is 65.7 Å². The maximum atomic E-state index is 12.2. The van der Waals surface area contributed by atoms with Crippen molar-refractivity contribution in [1.82, 2.24) is 10.3 Å². The van der Waals surface area contributed by atoms with Gasteiger partial charge in [-0.1, -0.05) is 48.0 Å². The standard InChI is InChI=1S/C19H13ClN2O3S/c20-15-9-5-4-8-14(15)18-21-13(11-26-18)10-16(19(24)25)22-17(23)12-6-2-1-3-7-12/h1-11H,(H,22,23)(H,24,25)/b16-10+. The lowest BCUT2D eigenvalue weighted by Gasteiger charge is -2.05. The predicted molar refractivity (Wildman–Crippen MR) is 102 cm³/mol. The molecule has 0 radical (unpaired) electrons. The molecule has 3 aromatic rings. The van der Waals surface area contributed by atoms with Crippen LogP contribution in [-0.2, 0) is 4.79 Å². The van der Waals surface area contributed by atoms with E-state index in [4.69, 9.17) is 11.6 Å². The van der Waals surface area contributed by atoms with Crippen molar-refractivity contribution in [2.45, 2.75) is 0 Å². The number of carboxylic acid groups (broad SMARTS) is 1. The number of nitrogens with one attached hydrogen (secondary N) is 1. The topological polar surface area (TPSA) is 79.3 Å². The summed E-state index contributed by atoms with van der Waals surface area (Å²) in [4.78, 5) is 28.0. The molecule has 0 aliphatic rings. The SMILES string of the molecule is O=C(O)/C(=C\c1csc(-c2ccccc2Cl)n1)NC(=O)c1ccccc1. The molecule has 0 atom stereocenters. The first kappa shape index (κ1) is 17.8. The molecule has 1 aromatic heterocycles. The monoisotopic (exact) mass is 384 g/mol. The van der Waals surface area contributed by atoms with Crippen LogP contribution in [0.5, 0.6) is 0 Å². The summed E-state index contributed by atoms with van der Waals surface area (Å²) in [6, 6.07) is 15.7. The number of rotatable bonds is 5. The minimum absolute atomic E-state index is 0.255. The Morgan fingerprint density at radius 2 is 1.77 bits per heavy atom. The van der Waals surface area contributed by atoms with Crippen LogP contribution in [0.2, 0.25) is 5.02 Å². The highest BCUT2D eigenvalue weighted by Gasteiger charge is 2.14. The lowest BCUT2D eigenvalue weighted by molar-refractivity contribution is -0.132. The molecule has 0 saturated carbocycles. The zero-order valence-electron chi connectivity index (χ0n) is 13.3. The minimum atomic E-state index is -1.25. The van der Waals surface area contributed by atoms with Gasteiger partial charge in [-0.15, -0.1) is 11.3 Å². The number of carbonyl (C=O) groups excluding carboxylic acids is 1. The second-order valence-electron chi connectivity index (χ2n) is 5.24. The van der Waals surface area contributed by atoms with Gasteiger partial charge in [0.1, 0.15) is 10.7 Å². The molecule has 5 nitrogen and oxygen atoms in total. The third-order valence-electron chi connectivity index (χ3n) is 3.43. The highest BCUT2D eigenvalue weighted by Crippen LogP contribution is 2.30. The number of carboxylic acids is 1. The van der Waals surface area contributed by atoms with Crippen LogP contribution in [0.3, 0.4) is 0 Å². The average Bonchev–Trinajstić information content (AvgIpc) is 3.10. The highest BCUT2D eigenvalue weighted by molar-refractivity contribution is 7.13. The Morgan fingerprint density at radius 3 is 2.46 bits per heavy atom. The van der Waals surface area contributed by atoms with E-state index in [1.165, 1.54) is 17.4 Å². The van der Waals surface area contributed by atoms with Crippen molar-refractivity contribution >= 4 is 40.9 Å². The third-order valence-corrected chi connectivity index (χ3v) is 4.66. The number of benzene rings is 2. The molecular weight excluding hydrogens is 372 g/mol. The quantitative estimate of drug-likeness (QED) is 0.642. The van der Waals surface area contributed by atoms with Gasteiger partial charge in [0.25, 0.3) is 5.91 Å². The van der Waals surface area contributed by atoms with E-state index in [0.29, 0.717) is 21.3 Å². The lowest BCUT2D eigenvalue weighted by atomic mass is 10.2. The zero-order chi connectivity index (χ0) is 18.5. The highest BCUT2D eigenvalue weighted by atomic mass is 35.5. The smallest absolute Gasteiger partial charge is 0.352 e. The Balaban J connectivity index is 1.85. The van der Waals surface area contributed by atoms with Crippen LogP contribution >= 0.6 is 22.9 Å². The van der Waals surface area contributed by atoms with E-state index >= 15 is 0 Å². The number of hydrogen-bond acceptors (Lipinski definition) is 4. The van der Waals surface area contributed by atoms with Gasteiger partial charge in [-0.2, -0.15) is 0 Å². The number of halogens is 1. The first-order chi connectivity index (χ1) is 12.5. The van der Waals surface area contributed by atoms with Gasteiger partial charge in [0, 0.05) is 16.5 Å². The van der Waals surface area contributed by atoms with E-state index in [1.54, 1.807) is 41.8 Å². The number of hydrogen-bond donors (Lipinski definition) is 2. The zero-order valence-corrected chi connectivity index (χ0v) is 14.9. The maximum Gasteiger partial charge on any atom is 0.352 e. The second kappa shape index (κ2) is 7.95. The number of aromatic nitrogens is 1. The number of aliphatic carboxylic acids is 1. The van der Waals surface area contributed by atoms with Gasteiger partial charge in [0.05, 0.1) is 10.7 Å². The summed E-state index contributed by atoms with van der Waals surface area (Å²) in [6.07, 6.45) is 1.32. The van der Waals surface area contributed by atoms with Gasteiger partial charge in [-0.3, -0.25) is 4.79 Å². The molecule has 0 unspecified atom stereocenters. The fourth-order valence-corrected chi connectivity index (χ4v) is 3.29. The number of thiazole rings is 1. The van der Waals surface area contributed by atoms with E-state index in [9.17, 15) is 14.7 Å². The predicted octanol–water partition coefficient (Wildman–Crippen LogP) is 4.32. The van der Waals surface area contributed by atoms with Crippen LogP contribution in [0.4, 0.5) is 0 Å². The van der Waals surface area contributed by atoms with Gasteiger partial charge in [-0.25, -0.2) is 9.78 Å². The van der Waals surface area contributed by atoms with Gasteiger partial charge in [-0.05, 0) is 24.3 Å². The molecule has 130 valence electrons. The van der Waals surface area contributed by atoms with Crippen molar-refractivity contribution in [2.75, 3.05) is 0 Å². The Labute approximate surface area is 158 Å². The van der Waals surface area contributed by atoms with E-state index < -0.39 is 11.9 Å². The first-order valence-electron chi connectivity index (χ1n) is 7.56. The molecule has 1 amide bonds. The van der Waals surface area contributed by atoms with Crippen molar-refractivity contribution in [1.29, 1.82) is 0 Å². The van der Waals surface area contributed by atoms with Gasteiger partial charge in [0.2, 0.25) is 0 Å². The molecule has 7 heteroatoms. The Bertz CT molecular complexity index is 983. The van der Waals surface area contributed by atoms with Crippen molar-refractivity contribution in [2.24, 2.45) is 0 Å². The minimum Gasteiger partial charge on any atom is -0.477 e. The normalized spacial score (nSPS) is 11.2. The molecule has 3 rings (SSSR count). The van der Waals surface area contributed by atoms with Crippen LogP contribution < -0.4 is 5.32 Å².